The van der Waals surface area contributed by atoms with Crippen LogP contribution in [0.1, 0.15) is 119 Å². The highest BCUT2D eigenvalue weighted by molar-refractivity contribution is 5.94. The number of ether oxygens (including phenoxy) is 1. The minimum Gasteiger partial charge on any atom is -0.444 e. The van der Waals surface area contributed by atoms with E-state index in [2.05, 4.69) is 62.3 Å². The Morgan fingerprint density at radius 1 is 0.643 bits per heavy atom. The summed E-state index contributed by atoms with van der Waals surface area (Å²) in [6.07, 6.45) is 15.6. The van der Waals surface area contributed by atoms with Gasteiger partial charge >= 0.3 is 6.09 Å². The number of hydrogen-bond acceptors (Lipinski definition) is 7. The number of halogens is 1. The molecule has 3 amide bonds. The number of aryl methyl sites for hydroxylation is 2. The summed E-state index contributed by atoms with van der Waals surface area (Å²) in [6, 6.07) is 20.9. The third kappa shape index (κ3) is 10.9. The summed E-state index contributed by atoms with van der Waals surface area (Å²) >= 11 is 0. The first-order valence-electron chi connectivity index (χ1n) is 20.0. The molecule has 2 atom stereocenters. The van der Waals surface area contributed by atoms with Gasteiger partial charge in [-0.05, 0) is 154 Å². The summed E-state index contributed by atoms with van der Waals surface area (Å²) < 4.78 is 5.46. The zero-order valence-corrected chi connectivity index (χ0v) is 33.6. The van der Waals surface area contributed by atoms with Crippen molar-refractivity contribution in [2.45, 2.75) is 116 Å². The van der Waals surface area contributed by atoms with Crippen LogP contribution >= 0.6 is 12.4 Å². The number of nitrogens with zero attached hydrogens (tertiary/aromatic N) is 2. The number of anilines is 2. The first-order chi connectivity index (χ1) is 26.5. The molecule has 2 aromatic carbocycles. The van der Waals surface area contributed by atoms with Crippen molar-refractivity contribution >= 4 is 42.0 Å². The van der Waals surface area contributed by atoms with Crippen LogP contribution in [0.2, 0.25) is 0 Å². The van der Waals surface area contributed by atoms with Gasteiger partial charge in [0.05, 0.1) is 6.04 Å². The molecule has 2 aromatic heterocycles. The van der Waals surface area contributed by atoms with Gasteiger partial charge < -0.3 is 26.4 Å². The van der Waals surface area contributed by atoms with E-state index in [1.54, 1.807) is 12.4 Å². The molecule has 8 rings (SSSR count). The van der Waals surface area contributed by atoms with Crippen LogP contribution in [-0.4, -0.2) is 33.5 Å². The van der Waals surface area contributed by atoms with Gasteiger partial charge in [0.1, 0.15) is 17.2 Å². The fourth-order valence-electron chi connectivity index (χ4n) is 7.46. The standard InChI is InChI=1S/C25H31N3O3.C20H23N3O.ClH/c1-25(2,3)31-24(30)27-21-7-5-4-6-19-14-17(10-11-20(19)21)18-12-13-26-22(15-18)28-23(29)16-8-9-16;21-18-4-2-1-3-16-11-14(7-8-17(16)18)15-9-10-22-19(12-15)23-20(24)13-5-6-13;/h10-16,21H,4-9H2,1-3H3,(H,27,30)(H,26,28,29);7-13,18H,1-6,21H2,(H,22,23,24);1H/t21-;18-;/m11./s1. The Hall–Kier alpha value is -4.80. The molecule has 296 valence electrons. The second-order valence-corrected chi connectivity index (χ2v) is 16.5. The summed E-state index contributed by atoms with van der Waals surface area (Å²) in [6.45, 7) is 5.61. The van der Waals surface area contributed by atoms with E-state index in [9.17, 15) is 14.4 Å². The number of alkyl carbamates (subject to hydrolysis) is 1. The highest BCUT2D eigenvalue weighted by atomic mass is 35.5. The van der Waals surface area contributed by atoms with E-state index < -0.39 is 5.60 Å². The van der Waals surface area contributed by atoms with Crippen LogP contribution in [0.4, 0.5) is 16.4 Å². The van der Waals surface area contributed by atoms with Crippen molar-refractivity contribution in [3.8, 4) is 22.3 Å². The van der Waals surface area contributed by atoms with E-state index >= 15 is 0 Å². The van der Waals surface area contributed by atoms with E-state index in [0.717, 1.165) is 92.0 Å². The minimum atomic E-state index is -0.518. The lowest BCUT2D eigenvalue weighted by atomic mass is 9.94. The first-order valence-corrected chi connectivity index (χ1v) is 20.0. The maximum absolute atomic E-state index is 12.3. The number of benzene rings is 2. The molecule has 11 heteroatoms. The van der Waals surface area contributed by atoms with Crippen molar-refractivity contribution in [3.05, 3.63) is 95.3 Å². The molecule has 0 bridgehead atoms. The molecule has 0 saturated heterocycles. The molecule has 2 heterocycles. The summed E-state index contributed by atoms with van der Waals surface area (Å²) in [5.74, 6) is 1.71. The lowest BCUT2D eigenvalue weighted by Gasteiger charge is -2.24. The Kier molecular flexibility index (Phi) is 13.1. The van der Waals surface area contributed by atoms with Crippen molar-refractivity contribution in [2.24, 2.45) is 17.6 Å². The highest BCUT2D eigenvalue weighted by Gasteiger charge is 2.31. The molecule has 2 fully saturated rings. The maximum Gasteiger partial charge on any atom is 0.408 e. The molecule has 4 aliphatic rings. The Labute approximate surface area is 336 Å². The van der Waals surface area contributed by atoms with Crippen LogP contribution in [0.15, 0.2) is 73.1 Å². The molecule has 4 aromatic rings. The number of aromatic nitrogens is 2. The average molecular weight is 779 g/mol. The number of fused-ring (bicyclic) bond motifs is 2. The van der Waals surface area contributed by atoms with Gasteiger partial charge in [-0.15, -0.1) is 12.4 Å². The monoisotopic (exact) mass is 778 g/mol. The largest absolute Gasteiger partial charge is 0.444 e. The second-order valence-electron chi connectivity index (χ2n) is 16.5. The van der Waals surface area contributed by atoms with Gasteiger partial charge in [0.25, 0.3) is 0 Å². The van der Waals surface area contributed by atoms with Crippen molar-refractivity contribution in [1.82, 2.24) is 15.3 Å². The molecule has 0 unspecified atom stereocenters. The van der Waals surface area contributed by atoms with E-state index in [0.29, 0.717) is 11.6 Å². The molecular formula is C45H55ClN6O4. The molecule has 0 radical (unpaired) electrons. The number of carbonyl (C=O) groups is 3. The fourth-order valence-corrected chi connectivity index (χ4v) is 7.46. The lowest BCUT2D eigenvalue weighted by molar-refractivity contribution is -0.118. The molecule has 0 spiro atoms. The summed E-state index contributed by atoms with van der Waals surface area (Å²) in [5.41, 5.74) is 15.2. The summed E-state index contributed by atoms with van der Waals surface area (Å²) in [7, 11) is 0. The van der Waals surface area contributed by atoms with Gasteiger partial charge in [-0.2, -0.15) is 0 Å². The van der Waals surface area contributed by atoms with Gasteiger partial charge in [0.2, 0.25) is 11.8 Å². The molecule has 4 aliphatic carbocycles. The zero-order chi connectivity index (χ0) is 38.5. The van der Waals surface area contributed by atoms with Crippen LogP contribution in [0, 0.1) is 11.8 Å². The third-order valence-corrected chi connectivity index (χ3v) is 10.7. The average Bonchev–Trinajstić information content (AvgIpc) is 4.06. The number of hydrogen-bond donors (Lipinski definition) is 4. The van der Waals surface area contributed by atoms with Crippen LogP contribution in [-0.2, 0) is 27.2 Å². The van der Waals surface area contributed by atoms with Gasteiger partial charge in [-0.1, -0.05) is 49.2 Å². The van der Waals surface area contributed by atoms with Crippen molar-refractivity contribution < 1.29 is 19.1 Å². The Balaban J connectivity index is 0.000000192. The zero-order valence-electron chi connectivity index (χ0n) is 32.7. The van der Waals surface area contributed by atoms with Crippen molar-refractivity contribution in [3.63, 3.8) is 0 Å². The Morgan fingerprint density at radius 2 is 1.12 bits per heavy atom. The molecule has 56 heavy (non-hydrogen) atoms. The number of amides is 3. The third-order valence-electron chi connectivity index (χ3n) is 10.7. The Bertz CT molecular complexity index is 2040. The molecule has 5 N–H and O–H groups in total. The quantitative estimate of drug-likeness (QED) is 0.137. The smallest absolute Gasteiger partial charge is 0.408 e. The second kappa shape index (κ2) is 18.0. The topological polar surface area (TPSA) is 148 Å². The first kappa shape index (κ1) is 40.9. The number of nitrogens with one attached hydrogen (secondary N) is 3. The number of carbonyl (C=O) groups excluding carboxylic acids is 3. The van der Waals surface area contributed by atoms with Gasteiger partial charge in [0.15, 0.2) is 0 Å². The normalized spacial score (nSPS) is 18.9. The number of pyridine rings is 2. The SMILES string of the molecule is CC(C)(C)OC(=O)N[C@@H]1CCCCc2cc(-c3ccnc(NC(=O)C4CC4)c3)ccc21.Cl.N[C@@H]1CCCCc2cc(-c3ccnc(NC(=O)C4CC4)c3)ccc21. The number of rotatable bonds is 7. The molecule has 10 nitrogen and oxygen atoms in total. The fraction of sp³-hybridized carbons (Fsp3) is 0.444. The van der Waals surface area contributed by atoms with E-state index in [-0.39, 0.29) is 54.2 Å². The van der Waals surface area contributed by atoms with Gasteiger partial charge in [-0.3, -0.25) is 9.59 Å². The molecular weight excluding hydrogens is 724 g/mol. The summed E-state index contributed by atoms with van der Waals surface area (Å²) in [5, 5.41) is 8.90. The van der Waals surface area contributed by atoms with E-state index in [4.69, 9.17) is 10.5 Å². The number of nitrogens with two attached hydrogens (primary N) is 1. The lowest BCUT2D eigenvalue weighted by Crippen LogP contribution is -2.35. The highest BCUT2D eigenvalue weighted by Crippen LogP contribution is 2.35. The van der Waals surface area contributed by atoms with Gasteiger partial charge in [-0.25, -0.2) is 14.8 Å². The predicted octanol–water partition coefficient (Wildman–Crippen LogP) is 9.63. The van der Waals surface area contributed by atoms with Crippen molar-refractivity contribution in [2.75, 3.05) is 10.6 Å². The molecule has 2 saturated carbocycles. The van der Waals surface area contributed by atoms with Crippen LogP contribution in [0.5, 0.6) is 0 Å². The van der Waals surface area contributed by atoms with E-state index in [1.807, 2.05) is 45.0 Å². The van der Waals surface area contributed by atoms with Gasteiger partial charge in [0, 0.05) is 30.3 Å². The Morgan fingerprint density at radius 3 is 1.64 bits per heavy atom. The van der Waals surface area contributed by atoms with Crippen LogP contribution < -0.4 is 21.7 Å². The maximum atomic E-state index is 12.3. The summed E-state index contributed by atoms with van der Waals surface area (Å²) in [4.78, 5) is 44.9. The van der Waals surface area contributed by atoms with Crippen LogP contribution in [0.3, 0.4) is 0 Å². The predicted molar refractivity (Wildman–Crippen MR) is 223 cm³/mol. The van der Waals surface area contributed by atoms with Crippen molar-refractivity contribution in [1.29, 1.82) is 0 Å². The van der Waals surface area contributed by atoms with E-state index in [1.165, 1.54) is 29.5 Å². The van der Waals surface area contributed by atoms with Crippen LogP contribution in [0.25, 0.3) is 22.3 Å². The molecule has 0 aliphatic heterocycles. The minimum absolute atomic E-state index is 0.